The third kappa shape index (κ3) is 3.57. The average molecular weight is 224 g/mol. The molecule has 0 aliphatic rings. The predicted molar refractivity (Wildman–Crippen MR) is 63.8 cm³/mol. The SMILES string of the molecule is CCOCC(NN)C(OC)c1ccccc1. The Morgan fingerprint density at radius 1 is 1.31 bits per heavy atom. The molecule has 0 aliphatic carbocycles. The molecule has 1 rings (SSSR count). The number of ether oxygens (including phenoxy) is 2. The van der Waals surface area contributed by atoms with E-state index in [1.54, 1.807) is 7.11 Å². The summed E-state index contributed by atoms with van der Waals surface area (Å²) in [4.78, 5) is 0. The summed E-state index contributed by atoms with van der Waals surface area (Å²) in [6.45, 7) is 3.15. The third-order valence-corrected chi connectivity index (χ3v) is 2.46. The molecule has 0 saturated carbocycles. The van der Waals surface area contributed by atoms with Crippen molar-refractivity contribution in [3.05, 3.63) is 35.9 Å². The van der Waals surface area contributed by atoms with Gasteiger partial charge in [-0.3, -0.25) is 11.3 Å². The van der Waals surface area contributed by atoms with Gasteiger partial charge in [-0.05, 0) is 12.5 Å². The first kappa shape index (κ1) is 13.1. The molecule has 0 spiro atoms. The fourth-order valence-corrected chi connectivity index (χ4v) is 1.64. The van der Waals surface area contributed by atoms with E-state index in [-0.39, 0.29) is 12.1 Å². The molecule has 3 N–H and O–H groups in total. The second-order valence-corrected chi connectivity index (χ2v) is 3.50. The molecule has 1 aromatic carbocycles. The second kappa shape index (κ2) is 7.35. The van der Waals surface area contributed by atoms with Crippen molar-refractivity contribution < 1.29 is 9.47 Å². The maximum atomic E-state index is 5.52. The summed E-state index contributed by atoms with van der Waals surface area (Å²) in [5.41, 5.74) is 3.83. The van der Waals surface area contributed by atoms with Crippen molar-refractivity contribution >= 4 is 0 Å². The maximum absolute atomic E-state index is 5.52. The molecule has 0 heterocycles. The summed E-state index contributed by atoms with van der Waals surface area (Å²) < 4.78 is 10.8. The van der Waals surface area contributed by atoms with Crippen LogP contribution in [0.1, 0.15) is 18.6 Å². The van der Waals surface area contributed by atoms with Crippen LogP contribution in [0.5, 0.6) is 0 Å². The number of benzene rings is 1. The first-order valence-corrected chi connectivity index (χ1v) is 5.45. The summed E-state index contributed by atoms with van der Waals surface area (Å²) >= 11 is 0. The molecule has 2 unspecified atom stereocenters. The van der Waals surface area contributed by atoms with Crippen LogP contribution in [-0.4, -0.2) is 26.4 Å². The molecule has 0 amide bonds. The van der Waals surface area contributed by atoms with Crippen LogP contribution < -0.4 is 11.3 Å². The Balaban J connectivity index is 2.71. The summed E-state index contributed by atoms with van der Waals surface area (Å²) in [6, 6.07) is 9.93. The van der Waals surface area contributed by atoms with Crippen LogP contribution >= 0.6 is 0 Å². The molecule has 4 heteroatoms. The summed E-state index contributed by atoms with van der Waals surface area (Å²) in [5.74, 6) is 5.52. The lowest BCUT2D eigenvalue weighted by Crippen LogP contribution is -2.43. The largest absolute Gasteiger partial charge is 0.380 e. The van der Waals surface area contributed by atoms with Gasteiger partial charge in [0.2, 0.25) is 0 Å². The number of nitrogens with two attached hydrogens (primary N) is 1. The molecule has 90 valence electrons. The highest BCUT2D eigenvalue weighted by molar-refractivity contribution is 5.19. The van der Waals surface area contributed by atoms with Gasteiger partial charge < -0.3 is 9.47 Å². The number of methoxy groups -OCH3 is 1. The summed E-state index contributed by atoms with van der Waals surface area (Å²) in [5, 5.41) is 0. The van der Waals surface area contributed by atoms with Gasteiger partial charge in [-0.1, -0.05) is 30.3 Å². The van der Waals surface area contributed by atoms with Crippen LogP contribution in [0.15, 0.2) is 30.3 Å². The van der Waals surface area contributed by atoms with Crippen LogP contribution in [0.4, 0.5) is 0 Å². The van der Waals surface area contributed by atoms with E-state index < -0.39 is 0 Å². The smallest absolute Gasteiger partial charge is 0.101 e. The van der Waals surface area contributed by atoms with Crippen molar-refractivity contribution in [3.63, 3.8) is 0 Å². The molecule has 4 nitrogen and oxygen atoms in total. The lowest BCUT2D eigenvalue weighted by Gasteiger charge is -2.25. The minimum Gasteiger partial charge on any atom is -0.380 e. The van der Waals surface area contributed by atoms with Gasteiger partial charge in [0, 0.05) is 13.7 Å². The highest BCUT2D eigenvalue weighted by Crippen LogP contribution is 2.20. The van der Waals surface area contributed by atoms with Crippen LogP contribution in [0, 0.1) is 0 Å². The molecule has 1 aromatic rings. The zero-order chi connectivity index (χ0) is 11.8. The van der Waals surface area contributed by atoms with Crippen molar-refractivity contribution in [1.82, 2.24) is 5.43 Å². The number of rotatable bonds is 7. The first-order chi connectivity index (χ1) is 7.83. The maximum Gasteiger partial charge on any atom is 0.101 e. The van der Waals surface area contributed by atoms with E-state index in [2.05, 4.69) is 5.43 Å². The number of nitrogens with one attached hydrogen (secondary N) is 1. The number of hydrazine groups is 1. The molecule has 2 atom stereocenters. The minimum absolute atomic E-state index is 0.0488. The standard InChI is InChI=1S/C12H20N2O2/c1-3-16-9-11(14-13)12(15-2)10-7-5-4-6-8-10/h4-8,11-12,14H,3,9,13H2,1-2H3. The van der Waals surface area contributed by atoms with Crippen molar-refractivity contribution in [3.8, 4) is 0 Å². The highest BCUT2D eigenvalue weighted by Gasteiger charge is 2.21. The fourth-order valence-electron chi connectivity index (χ4n) is 1.64. The lowest BCUT2D eigenvalue weighted by molar-refractivity contribution is 0.0230. The molecular weight excluding hydrogens is 204 g/mol. The van der Waals surface area contributed by atoms with Gasteiger partial charge in [-0.15, -0.1) is 0 Å². The Morgan fingerprint density at radius 3 is 2.50 bits per heavy atom. The van der Waals surface area contributed by atoms with E-state index in [0.29, 0.717) is 13.2 Å². The van der Waals surface area contributed by atoms with E-state index in [4.69, 9.17) is 15.3 Å². The van der Waals surface area contributed by atoms with E-state index in [1.807, 2.05) is 37.3 Å². The van der Waals surface area contributed by atoms with Crippen molar-refractivity contribution in [2.24, 2.45) is 5.84 Å². The predicted octanol–water partition coefficient (Wildman–Crippen LogP) is 1.24. The van der Waals surface area contributed by atoms with Gasteiger partial charge in [0.15, 0.2) is 0 Å². The highest BCUT2D eigenvalue weighted by atomic mass is 16.5. The van der Waals surface area contributed by atoms with Gasteiger partial charge in [-0.25, -0.2) is 0 Å². The molecular formula is C12H20N2O2. The minimum atomic E-state index is -0.0993. The van der Waals surface area contributed by atoms with E-state index >= 15 is 0 Å². The quantitative estimate of drug-likeness (QED) is 0.540. The van der Waals surface area contributed by atoms with Gasteiger partial charge in [0.05, 0.1) is 12.6 Å². The normalized spacial score (nSPS) is 14.7. The molecule has 0 aliphatic heterocycles. The van der Waals surface area contributed by atoms with Crippen molar-refractivity contribution in [2.75, 3.05) is 20.3 Å². The topological polar surface area (TPSA) is 56.5 Å². The average Bonchev–Trinajstić information content (AvgIpc) is 2.35. The summed E-state index contributed by atoms with van der Waals surface area (Å²) in [6.07, 6.45) is -0.0993. The van der Waals surface area contributed by atoms with Gasteiger partial charge in [0.25, 0.3) is 0 Å². The molecule has 0 fully saturated rings. The van der Waals surface area contributed by atoms with Crippen molar-refractivity contribution in [2.45, 2.75) is 19.1 Å². The zero-order valence-electron chi connectivity index (χ0n) is 9.85. The molecule has 0 radical (unpaired) electrons. The summed E-state index contributed by atoms with van der Waals surface area (Å²) in [7, 11) is 1.67. The Bertz CT molecular complexity index is 280. The monoisotopic (exact) mass is 224 g/mol. The van der Waals surface area contributed by atoms with Crippen LogP contribution in [0.25, 0.3) is 0 Å². The molecule has 0 bridgehead atoms. The van der Waals surface area contributed by atoms with E-state index in [1.165, 1.54) is 0 Å². The second-order valence-electron chi connectivity index (χ2n) is 3.50. The lowest BCUT2D eigenvalue weighted by atomic mass is 10.0. The number of hydrogen-bond donors (Lipinski definition) is 2. The molecule has 0 saturated heterocycles. The van der Waals surface area contributed by atoms with Crippen LogP contribution in [-0.2, 0) is 9.47 Å². The Morgan fingerprint density at radius 2 is 2.00 bits per heavy atom. The molecule has 16 heavy (non-hydrogen) atoms. The Labute approximate surface area is 96.7 Å². The zero-order valence-corrected chi connectivity index (χ0v) is 9.85. The van der Waals surface area contributed by atoms with Crippen LogP contribution in [0.2, 0.25) is 0 Å². The van der Waals surface area contributed by atoms with Gasteiger partial charge in [0.1, 0.15) is 6.10 Å². The van der Waals surface area contributed by atoms with E-state index in [9.17, 15) is 0 Å². The number of hydrogen-bond acceptors (Lipinski definition) is 4. The third-order valence-electron chi connectivity index (χ3n) is 2.46. The molecule has 0 aromatic heterocycles. The van der Waals surface area contributed by atoms with E-state index in [0.717, 1.165) is 5.56 Å². The fraction of sp³-hybridized carbons (Fsp3) is 0.500. The van der Waals surface area contributed by atoms with Gasteiger partial charge in [-0.2, -0.15) is 0 Å². The Kier molecular flexibility index (Phi) is 6.03. The van der Waals surface area contributed by atoms with Crippen LogP contribution in [0.3, 0.4) is 0 Å². The first-order valence-electron chi connectivity index (χ1n) is 5.45. The van der Waals surface area contributed by atoms with Gasteiger partial charge >= 0.3 is 0 Å². The Hall–Kier alpha value is -0.940. The van der Waals surface area contributed by atoms with Crippen molar-refractivity contribution in [1.29, 1.82) is 0 Å².